The van der Waals surface area contributed by atoms with Gasteiger partial charge in [-0.2, -0.15) is 25.7 Å². The molecule has 494 valence electrons. The number of aromatic nitrogens is 8. The molecule has 4 heterocycles. The number of Topliss-reactive ketones (excluding diaryl/α,β-unsaturated/α-hetero) is 4. The molecular weight excluding hydrogens is 1190 g/mol. The van der Waals surface area contributed by atoms with Gasteiger partial charge < -0.3 is 17.2 Å². The lowest BCUT2D eigenvalue weighted by molar-refractivity contribution is 0.0900. The maximum absolute atomic E-state index is 12.5. The molecule has 0 saturated carbocycles. The summed E-state index contributed by atoms with van der Waals surface area (Å²) >= 11 is 0. The fourth-order valence-electron chi connectivity index (χ4n) is 13.6. The van der Waals surface area contributed by atoms with E-state index in [0.29, 0.717) is 53.5 Å². The molecule has 0 spiro atoms. The Morgan fingerprint density at radius 3 is 0.937 bits per heavy atom. The maximum Gasteiger partial charge on any atom is 0.248 e. The summed E-state index contributed by atoms with van der Waals surface area (Å²) < 4.78 is 7.34. The molecule has 21 heteroatoms. The molecule has 4 aliphatic carbocycles. The zero-order valence-corrected chi connectivity index (χ0v) is 57.1. The van der Waals surface area contributed by atoms with Crippen LogP contribution in [0, 0.1) is 81.5 Å². The topological polar surface area (TPSA) is 293 Å². The number of fused-ring (bicyclic) bond motifs is 4. The Bertz CT molecular complexity index is 4340. The van der Waals surface area contributed by atoms with E-state index in [1.54, 1.807) is 28.9 Å². The summed E-state index contributed by atoms with van der Waals surface area (Å²) in [6.45, 7) is 31.4. The van der Waals surface area contributed by atoms with Crippen molar-refractivity contribution >= 4 is 56.5 Å². The van der Waals surface area contributed by atoms with Crippen LogP contribution in [0.4, 0.5) is 0 Å². The van der Waals surface area contributed by atoms with Gasteiger partial charge in [-0.1, -0.05) is 76.0 Å². The molecule has 4 aromatic carbocycles. The lowest BCUT2D eigenvalue weighted by Crippen LogP contribution is -2.28. The van der Waals surface area contributed by atoms with Crippen molar-refractivity contribution in [2.45, 2.75) is 176 Å². The first-order chi connectivity index (χ1) is 43.9. The summed E-state index contributed by atoms with van der Waals surface area (Å²) in [5.74, 6) is -0.751. The van der Waals surface area contributed by atoms with E-state index in [0.717, 1.165) is 133 Å². The molecule has 4 aliphatic rings. The molecule has 12 rings (SSSR count). The molecule has 0 saturated heterocycles. The monoisotopic (exact) mass is 1280 g/mol. The van der Waals surface area contributed by atoms with Gasteiger partial charge in [0.05, 0.1) is 118 Å². The minimum atomic E-state index is -0.503. The van der Waals surface area contributed by atoms with Crippen molar-refractivity contribution in [3.63, 3.8) is 0 Å². The number of primary amides is 3. The Balaban J connectivity index is 0.000000199. The second kappa shape index (κ2) is 27.8. The van der Waals surface area contributed by atoms with Crippen LogP contribution in [0.15, 0.2) is 72.8 Å². The number of hydrogen-bond donors (Lipinski definition) is 3. The van der Waals surface area contributed by atoms with Crippen LogP contribution in [0.1, 0.15) is 236 Å². The molecule has 0 atom stereocenters. The molecule has 0 bridgehead atoms. The number of nitrogens with two attached hydrogens (primary N) is 3. The minimum absolute atomic E-state index is 0. The number of aryl methyl sites for hydroxylation is 7. The first kappa shape index (κ1) is 72.8. The summed E-state index contributed by atoms with van der Waals surface area (Å²) in [6.07, 6.45) is 5.59. The highest BCUT2D eigenvalue weighted by atomic mass is 16.2. The van der Waals surface area contributed by atoms with E-state index >= 15 is 0 Å². The third-order valence-electron chi connectivity index (χ3n) is 17.7. The van der Waals surface area contributed by atoms with Gasteiger partial charge in [-0.25, -0.2) is 18.7 Å². The van der Waals surface area contributed by atoms with Crippen molar-refractivity contribution in [3.8, 4) is 28.8 Å². The van der Waals surface area contributed by atoms with Gasteiger partial charge in [-0.05, 0) is 191 Å². The van der Waals surface area contributed by atoms with Crippen LogP contribution < -0.4 is 17.2 Å². The van der Waals surface area contributed by atoms with Crippen molar-refractivity contribution in [2.24, 2.45) is 38.9 Å². The summed E-state index contributed by atoms with van der Waals surface area (Å²) in [5.41, 5.74) is 34.4. The molecule has 4 radical (unpaired) electrons. The number of rotatable bonds is 8. The number of nitriles is 1. The smallest absolute Gasteiger partial charge is 0.248 e. The zero-order chi connectivity index (χ0) is 69.6. The average Bonchev–Trinajstić information content (AvgIpc) is 1.69. The Kier molecular flexibility index (Phi) is 21.3. The van der Waals surface area contributed by atoms with Gasteiger partial charge in [-0.15, -0.1) is 0 Å². The van der Waals surface area contributed by atoms with E-state index in [1.165, 1.54) is 6.82 Å². The van der Waals surface area contributed by atoms with Gasteiger partial charge in [0, 0.05) is 43.8 Å². The first-order valence-corrected chi connectivity index (χ1v) is 31.4. The highest BCUT2D eigenvalue weighted by Crippen LogP contribution is 2.41. The van der Waals surface area contributed by atoms with E-state index in [4.69, 9.17) is 30.3 Å². The van der Waals surface area contributed by atoms with Crippen LogP contribution in [0.5, 0.6) is 0 Å². The van der Waals surface area contributed by atoms with E-state index < -0.39 is 17.7 Å². The molecule has 3 amide bonds. The highest BCUT2D eigenvalue weighted by Gasteiger charge is 2.40. The van der Waals surface area contributed by atoms with Crippen molar-refractivity contribution in [1.29, 1.82) is 5.26 Å². The van der Waals surface area contributed by atoms with Crippen LogP contribution in [0.3, 0.4) is 0 Å². The van der Waals surface area contributed by atoms with Crippen molar-refractivity contribution in [3.05, 3.63) is 185 Å². The predicted molar refractivity (Wildman–Crippen MR) is 373 cm³/mol. The van der Waals surface area contributed by atoms with Crippen LogP contribution in [-0.4, -0.2) is 95.7 Å². The average molecular weight is 1280 g/mol. The molecular formula is C74H90B2N12O7. The van der Waals surface area contributed by atoms with Crippen molar-refractivity contribution in [2.75, 3.05) is 0 Å². The Morgan fingerprint density at radius 2 is 0.695 bits per heavy atom. The van der Waals surface area contributed by atoms with Gasteiger partial charge in [0.2, 0.25) is 17.7 Å². The van der Waals surface area contributed by atoms with Gasteiger partial charge in [-0.3, -0.25) is 33.6 Å². The highest BCUT2D eigenvalue weighted by molar-refractivity contribution is 6.10. The number of amides is 3. The lowest BCUT2D eigenvalue weighted by Gasteiger charge is -2.29. The standard InChI is InChI=1S/C18H20BN3O2.2C18H21N3O2.C18H19N3O.CH3B.CH4.H2/c1-10-16-14(7-18(2,3)8-15(16)23)22(21-10)12-4-5-13(17(20)24)11(6-12)9-19;2*1-10-7-12(5-6-13(10)17(19)23)21-14-8-18(3,4)9-15(22)16(14)11(2)20-21;1-11-7-14(6-5-13(11)10-19)21-15-8-18(3,4)9-16(22)17(15)12(2)20-21;1-2;;/h4-6H,7-9H2,1-3H3,(H2,20,24);2*5-7H,8-9H2,1-4H3,(H2,19,23);5-7H,8-9H2,1-4H3;1H3;1H4;1H. The van der Waals surface area contributed by atoms with E-state index in [9.17, 15) is 33.6 Å². The Morgan fingerprint density at radius 1 is 0.442 bits per heavy atom. The van der Waals surface area contributed by atoms with Crippen LogP contribution in [-0.2, 0) is 32.0 Å². The SMILES string of the molecule is C.Cc1cc(-n2nc(C)c3c2CC(C)(C)CC3=O)ccc1C#N.Cc1cc(-n2nc(C)c3c2CC(C)(C)CC3=O)ccc1C(N)=O.Cc1cc(-n2nc(C)c3c2CC(C)(C)CC3=O)ccc1C(N)=O.[B]C.[B]Cc1cc(-n2nc(C)c3c2CC(C)(C)CC3=O)ccc1C(N)=O.[HH]. The largest absolute Gasteiger partial charge is 0.366 e. The molecule has 95 heavy (non-hydrogen) atoms. The van der Waals surface area contributed by atoms with Gasteiger partial charge in [0.15, 0.2) is 23.1 Å². The van der Waals surface area contributed by atoms with Gasteiger partial charge >= 0.3 is 0 Å². The van der Waals surface area contributed by atoms with Gasteiger partial charge in [0.25, 0.3) is 0 Å². The Labute approximate surface area is 561 Å². The first-order valence-electron chi connectivity index (χ1n) is 31.4. The fraction of sp³-hybridized carbons (Fsp3) is 0.405. The third kappa shape index (κ3) is 15.2. The second-order valence-electron chi connectivity index (χ2n) is 28.3. The quantitative estimate of drug-likeness (QED) is 0.120. The molecule has 0 unspecified atom stereocenters. The number of carbonyl (C=O) groups is 7. The van der Waals surface area contributed by atoms with Crippen LogP contribution in [0.2, 0.25) is 6.82 Å². The number of nitrogens with zero attached hydrogens (tertiary/aromatic N) is 9. The third-order valence-corrected chi connectivity index (χ3v) is 17.7. The van der Waals surface area contributed by atoms with Crippen molar-refractivity contribution < 1.29 is 35.0 Å². The molecule has 4 aromatic heterocycles. The van der Waals surface area contributed by atoms with Crippen LogP contribution in [0.25, 0.3) is 22.7 Å². The second-order valence-corrected chi connectivity index (χ2v) is 28.3. The molecule has 19 nitrogen and oxygen atoms in total. The summed E-state index contributed by atoms with van der Waals surface area (Å²) in [5, 5.41) is 27.4. The number of ketones is 4. The van der Waals surface area contributed by atoms with E-state index in [1.807, 2.05) is 111 Å². The van der Waals surface area contributed by atoms with Gasteiger partial charge in [0.1, 0.15) is 0 Å². The lowest BCUT2D eigenvalue weighted by atomic mass is 9.75. The molecule has 6 N–H and O–H groups in total. The maximum atomic E-state index is 12.5. The Hall–Kier alpha value is -9.57. The normalized spacial score (nSPS) is 15.7. The molecule has 8 aromatic rings. The number of carbonyl (C=O) groups excluding carboxylic acids is 7. The zero-order valence-electron chi connectivity index (χ0n) is 57.1. The fourth-order valence-corrected chi connectivity index (χ4v) is 13.6. The number of benzene rings is 4. The summed E-state index contributed by atoms with van der Waals surface area (Å²) in [7, 11) is 10.3. The van der Waals surface area contributed by atoms with E-state index in [-0.39, 0.29) is 60.0 Å². The van der Waals surface area contributed by atoms with E-state index in [2.05, 4.69) is 89.7 Å². The minimum Gasteiger partial charge on any atom is -0.366 e. The predicted octanol–water partition coefficient (Wildman–Crippen LogP) is 12.2. The molecule has 0 fully saturated rings. The number of hydrogen-bond acceptors (Lipinski definition) is 12. The summed E-state index contributed by atoms with van der Waals surface area (Å²) in [4.78, 5) is 84.1. The molecule has 0 aliphatic heterocycles. The summed E-state index contributed by atoms with van der Waals surface area (Å²) in [6, 6.07) is 24.0. The van der Waals surface area contributed by atoms with Crippen LogP contribution >= 0.6 is 0 Å². The van der Waals surface area contributed by atoms with Crippen molar-refractivity contribution in [1.82, 2.24) is 39.1 Å².